The Morgan fingerprint density at radius 3 is 2.22 bits per heavy atom. The van der Waals surface area contributed by atoms with Crippen LogP contribution in [0.2, 0.25) is 0 Å². The summed E-state index contributed by atoms with van der Waals surface area (Å²) in [6.07, 6.45) is 12.4. The van der Waals surface area contributed by atoms with E-state index < -0.39 is 11.9 Å². The number of rotatable bonds is 13. The average Bonchev–Trinajstić information content (AvgIpc) is 3.78. The number of carbonyl (C=O) groups is 3. The molecule has 6 N–H and O–H groups in total. The van der Waals surface area contributed by atoms with Crippen molar-refractivity contribution in [3.63, 3.8) is 0 Å². The van der Waals surface area contributed by atoms with E-state index in [4.69, 9.17) is 4.74 Å². The summed E-state index contributed by atoms with van der Waals surface area (Å²) in [4.78, 5) is 50.3. The van der Waals surface area contributed by atoms with E-state index in [1.165, 1.54) is 23.8 Å². The maximum absolute atomic E-state index is 14.2. The maximum Gasteiger partial charge on any atom is 0.310 e. The van der Waals surface area contributed by atoms with Crippen molar-refractivity contribution in [3.05, 3.63) is 78.2 Å². The van der Waals surface area contributed by atoms with Gasteiger partial charge in [0, 0.05) is 69.5 Å². The van der Waals surface area contributed by atoms with Crippen molar-refractivity contribution in [2.45, 2.75) is 106 Å². The number of ether oxygens (including phenoxy) is 1. The predicted octanol–water partition coefficient (Wildman–Crippen LogP) is 6.04. The maximum atomic E-state index is 14.2. The van der Waals surface area contributed by atoms with Gasteiger partial charge < -0.3 is 35.4 Å². The number of aromatic amines is 3. The molecular weight excluding hydrogens is 642 g/mol. The summed E-state index contributed by atoms with van der Waals surface area (Å²) in [5.74, 6) is -1.90. The van der Waals surface area contributed by atoms with Crippen LogP contribution in [0.1, 0.15) is 134 Å². The molecule has 2 unspecified atom stereocenters. The first-order chi connectivity index (χ1) is 24.4. The Bertz CT molecular complexity index is 2000. The summed E-state index contributed by atoms with van der Waals surface area (Å²) in [6, 6.07) is 0. The van der Waals surface area contributed by atoms with Crippen molar-refractivity contribution in [2.75, 3.05) is 13.7 Å². The zero-order valence-corrected chi connectivity index (χ0v) is 31.5. The van der Waals surface area contributed by atoms with Crippen LogP contribution in [0, 0.1) is 32.6 Å². The molecule has 10 nitrogen and oxygen atoms in total. The number of aromatic nitrogens is 3. The van der Waals surface area contributed by atoms with E-state index in [2.05, 4.69) is 85.4 Å². The van der Waals surface area contributed by atoms with Crippen LogP contribution in [0.4, 0.5) is 0 Å². The monoisotopic (exact) mass is 697 g/mol. The Kier molecular flexibility index (Phi) is 11.8. The summed E-state index contributed by atoms with van der Waals surface area (Å²) >= 11 is 0. The van der Waals surface area contributed by atoms with E-state index >= 15 is 0 Å². The number of carbonyl (C=O) groups excluding carboxylic acids is 2. The quantitative estimate of drug-likeness (QED) is 0.0947. The lowest BCUT2D eigenvalue weighted by molar-refractivity contribution is -0.139. The van der Waals surface area contributed by atoms with Gasteiger partial charge in [-0.05, 0) is 92.5 Å². The van der Waals surface area contributed by atoms with Gasteiger partial charge in [-0.3, -0.25) is 14.4 Å². The van der Waals surface area contributed by atoms with Crippen molar-refractivity contribution in [1.82, 2.24) is 25.6 Å². The van der Waals surface area contributed by atoms with Crippen LogP contribution < -0.4 is 21.3 Å². The number of H-pyrrole nitrogens is 3. The highest BCUT2D eigenvalue weighted by Gasteiger charge is 2.37. The number of hydrogen-bond acceptors (Lipinski definition) is 5. The highest BCUT2D eigenvalue weighted by atomic mass is 16.5. The zero-order valence-electron chi connectivity index (χ0n) is 31.5. The minimum atomic E-state index is -0.886. The van der Waals surface area contributed by atoms with Crippen LogP contribution in [0.25, 0.3) is 23.8 Å². The number of fused-ring (bicyclic) bond motifs is 8. The van der Waals surface area contributed by atoms with Crippen molar-refractivity contribution >= 4 is 41.6 Å². The highest BCUT2D eigenvalue weighted by molar-refractivity contribution is 6.03. The van der Waals surface area contributed by atoms with Crippen molar-refractivity contribution in [1.29, 1.82) is 0 Å². The molecule has 0 spiro atoms. The van der Waals surface area contributed by atoms with Gasteiger partial charge in [-0.1, -0.05) is 47.0 Å². The number of esters is 1. The van der Waals surface area contributed by atoms with Gasteiger partial charge in [0.25, 0.3) is 5.91 Å². The van der Waals surface area contributed by atoms with E-state index in [0.29, 0.717) is 29.8 Å². The molecule has 10 heteroatoms. The number of nitrogens with one attached hydrogen (secondary N) is 5. The SMILES string of the molecule is CCCCCCNC(=O)c1c2[nH]c(c1C)C=c1[nH]c(c(C)c1CC)=Cc1[nH]c(c(C)c1CC)C=C1NC(=C2CC(=O)OC)C(CCC(=O)O)C1C. The van der Waals surface area contributed by atoms with E-state index in [9.17, 15) is 19.5 Å². The molecule has 1 amide bonds. The molecule has 0 radical (unpaired) electrons. The fourth-order valence-electron chi connectivity index (χ4n) is 7.86. The lowest BCUT2D eigenvalue weighted by Gasteiger charge is -2.19. The number of unbranched alkanes of at least 4 members (excludes halogenated alkanes) is 3. The molecule has 1 fully saturated rings. The van der Waals surface area contributed by atoms with E-state index in [0.717, 1.165) is 88.8 Å². The topological polar surface area (TPSA) is 152 Å². The van der Waals surface area contributed by atoms with E-state index in [1.807, 2.05) is 6.92 Å². The Morgan fingerprint density at radius 2 is 1.55 bits per heavy atom. The summed E-state index contributed by atoms with van der Waals surface area (Å²) in [5.41, 5.74) is 11.5. The lowest BCUT2D eigenvalue weighted by atomic mass is 9.85. The van der Waals surface area contributed by atoms with Crippen molar-refractivity contribution < 1.29 is 24.2 Å². The molecule has 2 atom stereocenters. The number of carboxylic acid groups (broad SMARTS) is 1. The minimum absolute atomic E-state index is 0.0401. The minimum Gasteiger partial charge on any atom is -0.481 e. The summed E-state index contributed by atoms with van der Waals surface area (Å²) in [5, 5.41) is 18.6. The van der Waals surface area contributed by atoms with Crippen LogP contribution >= 0.6 is 0 Å². The molecule has 1 saturated heterocycles. The summed E-state index contributed by atoms with van der Waals surface area (Å²) < 4.78 is 5.22. The van der Waals surface area contributed by atoms with E-state index in [-0.39, 0.29) is 30.6 Å². The first kappa shape index (κ1) is 37.5. The summed E-state index contributed by atoms with van der Waals surface area (Å²) in [6.45, 7) is 15.3. The highest BCUT2D eigenvalue weighted by Crippen LogP contribution is 2.43. The van der Waals surface area contributed by atoms with Gasteiger partial charge in [-0.15, -0.1) is 0 Å². The third-order valence-electron chi connectivity index (χ3n) is 10.9. The Balaban J connectivity index is 1.86. The lowest BCUT2D eigenvalue weighted by Crippen LogP contribution is -2.26. The molecule has 51 heavy (non-hydrogen) atoms. The van der Waals surface area contributed by atoms with Gasteiger partial charge in [0.1, 0.15) is 0 Å². The Labute approximate surface area is 300 Å². The van der Waals surface area contributed by atoms with Crippen LogP contribution in [-0.2, 0) is 27.2 Å². The smallest absolute Gasteiger partial charge is 0.310 e. The van der Waals surface area contributed by atoms with Gasteiger partial charge in [-0.25, -0.2) is 0 Å². The Hall–Kier alpha value is -4.73. The molecule has 0 aliphatic carbocycles. The van der Waals surface area contributed by atoms with Crippen LogP contribution in [0.5, 0.6) is 0 Å². The zero-order chi connectivity index (χ0) is 37.0. The molecule has 8 bridgehead atoms. The second-order valence-corrected chi connectivity index (χ2v) is 14.0. The molecule has 274 valence electrons. The number of aliphatic carboxylic acids is 1. The van der Waals surface area contributed by atoms with Gasteiger partial charge in [-0.2, -0.15) is 0 Å². The number of carboxylic acids is 1. The number of allylic oxidation sites excluding steroid dienone is 2. The van der Waals surface area contributed by atoms with Crippen molar-refractivity contribution in [2.24, 2.45) is 11.8 Å². The molecule has 0 saturated carbocycles. The Morgan fingerprint density at radius 1 is 0.843 bits per heavy atom. The second kappa shape index (κ2) is 16.1. The molecule has 3 aromatic rings. The first-order valence-corrected chi connectivity index (χ1v) is 18.6. The van der Waals surface area contributed by atoms with Crippen molar-refractivity contribution in [3.8, 4) is 0 Å². The third kappa shape index (κ3) is 7.65. The molecule has 2 aliphatic rings. The van der Waals surface area contributed by atoms with Gasteiger partial charge in [0.05, 0.1) is 24.8 Å². The molecule has 3 aromatic heterocycles. The average molecular weight is 698 g/mol. The third-order valence-corrected chi connectivity index (χ3v) is 10.9. The first-order valence-electron chi connectivity index (χ1n) is 18.6. The van der Waals surface area contributed by atoms with Crippen LogP contribution in [-0.4, -0.2) is 51.6 Å². The van der Waals surface area contributed by atoms with Gasteiger partial charge in [0.15, 0.2) is 0 Å². The fourth-order valence-corrected chi connectivity index (χ4v) is 7.86. The molecule has 5 rings (SSSR count). The molecule has 5 heterocycles. The van der Waals surface area contributed by atoms with Crippen LogP contribution in [0.15, 0.2) is 11.4 Å². The summed E-state index contributed by atoms with van der Waals surface area (Å²) in [7, 11) is 1.36. The normalized spacial score (nSPS) is 16.7. The van der Waals surface area contributed by atoms with Crippen LogP contribution in [0.3, 0.4) is 0 Å². The predicted molar refractivity (Wildman–Crippen MR) is 202 cm³/mol. The largest absolute Gasteiger partial charge is 0.481 e. The number of hydrogen-bond donors (Lipinski definition) is 6. The standard InChI is InChI=1S/C41H55N5O5/c1-9-12-13-14-17-42-41(50)38-25(7)33-21-35-27(11-3)23(5)31(44-35)20-34-26(10-2)22(4)30(43-34)19-32-24(6)28(15-16-36(47)48)39(45-32)29(40(38)46-33)18-37(49)51-8/h19-21,24,28,43-46H,9-18H2,1-8H3,(H,42,50)(H,47,48). The molecule has 0 aromatic carbocycles. The molecule has 2 aliphatic heterocycles. The van der Waals surface area contributed by atoms with E-state index in [1.54, 1.807) is 0 Å². The fraction of sp³-hybridized carbons (Fsp3) is 0.488. The van der Waals surface area contributed by atoms with Gasteiger partial charge in [0.2, 0.25) is 0 Å². The van der Waals surface area contributed by atoms with Gasteiger partial charge >= 0.3 is 11.9 Å². The number of amides is 1. The number of methoxy groups -OCH3 is 1. The second-order valence-electron chi connectivity index (χ2n) is 14.0. The molecular formula is C41H55N5O5.